The van der Waals surface area contributed by atoms with Crippen molar-refractivity contribution in [2.24, 2.45) is 0 Å². The molecule has 1 aromatic rings. The van der Waals surface area contributed by atoms with Gasteiger partial charge in [0.05, 0.1) is 12.0 Å². The van der Waals surface area contributed by atoms with Crippen LogP contribution in [0.4, 0.5) is 0 Å². The maximum Gasteiger partial charge on any atom is 0.0951 e. The number of imidazole rings is 1. The van der Waals surface area contributed by atoms with E-state index in [9.17, 15) is 0 Å². The smallest absolute Gasteiger partial charge is 0.0951 e. The SMILES string of the molecule is CSC1CCCCC1n1cncc1C1CCCC(C)N1. The summed E-state index contributed by atoms with van der Waals surface area (Å²) in [5.74, 6) is 0. The summed E-state index contributed by atoms with van der Waals surface area (Å²) < 4.78 is 2.50. The first-order valence-electron chi connectivity index (χ1n) is 8.10. The van der Waals surface area contributed by atoms with Crippen LogP contribution in [0.5, 0.6) is 0 Å². The van der Waals surface area contributed by atoms with Gasteiger partial charge in [-0.1, -0.05) is 12.8 Å². The average Bonchev–Trinajstić information content (AvgIpc) is 2.96. The number of hydrogen-bond acceptors (Lipinski definition) is 3. The summed E-state index contributed by atoms with van der Waals surface area (Å²) in [6.45, 7) is 2.30. The van der Waals surface area contributed by atoms with Gasteiger partial charge in [-0.3, -0.25) is 0 Å². The van der Waals surface area contributed by atoms with Gasteiger partial charge in [-0.15, -0.1) is 0 Å². The molecular weight excluding hydrogens is 266 g/mol. The zero-order chi connectivity index (χ0) is 13.9. The van der Waals surface area contributed by atoms with E-state index >= 15 is 0 Å². The molecule has 20 heavy (non-hydrogen) atoms. The Morgan fingerprint density at radius 3 is 2.85 bits per heavy atom. The van der Waals surface area contributed by atoms with Gasteiger partial charge < -0.3 is 9.88 Å². The number of thioether (sulfide) groups is 1. The van der Waals surface area contributed by atoms with E-state index in [4.69, 9.17) is 0 Å². The lowest BCUT2D eigenvalue weighted by atomic mass is 9.93. The first kappa shape index (κ1) is 14.5. The number of rotatable bonds is 3. The molecule has 1 N–H and O–H groups in total. The molecule has 1 saturated carbocycles. The Morgan fingerprint density at radius 2 is 2.05 bits per heavy atom. The second kappa shape index (κ2) is 6.52. The van der Waals surface area contributed by atoms with Crippen LogP contribution in [0.1, 0.15) is 69.6 Å². The Balaban J connectivity index is 1.81. The molecule has 1 aromatic heterocycles. The normalized spacial score (nSPS) is 35.1. The fourth-order valence-electron chi connectivity index (χ4n) is 3.90. The zero-order valence-electron chi connectivity index (χ0n) is 12.7. The molecule has 2 fully saturated rings. The molecule has 3 rings (SSSR count). The van der Waals surface area contributed by atoms with Crippen LogP contribution in [0.15, 0.2) is 12.5 Å². The van der Waals surface area contributed by atoms with Crippen LogP contribution in [0.25, 0.3) is 0 Å². The number of hydrogen-bond donors (Lipinski definition) is 1. The second-order valence-corrected chi connectivity index (χ2v) is 7.48. The van der Waals surface area contributed by atoms with Gasteiger partial charge in [0, 0.05) is 29.6 Å². The summed E-state index contributed by atoms with van der Waals surface area (Å²) >= 11 is 2.04. The summed E-state index contributed by atoms with van der Waals surface area (Å²) in [4.78, 5) is 4.48. The minimum absolute atomic E-state index is 0.505. The minimum atomic E-state index is 0.505. The van der Waals surface area contributed by atoms with Crippen molar-refractivity contribution in [1.82, 2.24) is 14.9 Å². The third kappa shape index (κ3) is 2.91. The fraction of sp³-hybridized carbons (Fsp3) is 0.812. The molecular formula is C16H27N3S. The third-order valence-electron chi connectivity index (χ3n) is 5.00. The highest BCUT2D eigenvalue weighted by Gasteiger charge is 2.30. The average molecular weight is 293 g/mol. The van der Waals surface area contributed by atoms with Crippen molar-refractivity contribution < 1.29 is 0 Å². The Labute approximate surface area is 126 Å². The number of aromatic nitrogens is 2. The van der Waals surface area contributed by atoms with E-state index in [-0.39, 0.29) is 0 Å². The molecule has 112 valence electrons. The fourth-order valence-corrected chi connectivity index (χ4v) is 4.89. The molecule has 4 atom stereocenters. The van der Waals surface area contributed by atoms with Gasteiger partial charge in [0.2, 0.25) is 0 Å². The van der Waals surface area contributed by atoms with Crippen LogP contribution in [0, 0.1) is 0 Å². The standard InChI is InChI=1S/C16H27N3S/c1-12-6-5-7-13(18-12)15-10-17-11-19(15)14-8-3-4-9-16(14)20-2/h10-14,16,18H,3-9H2,1-2H3. The van der Waals surface area contributed by atoms with Crippen LogP contribution < -0.4 is 5.32 Å². The maximum atomic E-state index is 4.48. The predicted molar refractivity (Wildman–Crippen MR) is 86.2 cm³/mol. The van der Waals surface area contributed by atoms with E-state index in [0.29, 0.717) is 18.1 Å². The molecule has 1 saturated heterocycles. The highest BCUT2D eigenvalue weighted by Crippen LogP contribution is 2.38. The van der Waals surface area contributed by atoms with E-state index < -0.39 is 0 Å². The zero-order valence-corrected chi connectivity index (χ0v) is 13.5. The van der Waals surface area contributed by atoms with Crippen LogP contribution in [0.3, 0.4) is 0 Å². The van der Waals surface area contributed by atoms with Crippen molar-refractivity contribution in [1.29, 1.82) is 0 Å². The first-order chi connectivity index (χ1) is 9.79. The summed E-state index contributed by atoms with van der Waals surface area (Å²) in [5.41, 5.74) is 1.42. The molecule has 0 aromatic carbocycles. The quantitative estimate of drug-likeness (QED) is 0.915. The summed E-state index contributed by atoms with van der Waals surface area (Å²) in [5, 5.41) is 4.53. The van der Waals surface area contributed by atoms with Crippen molar-refractivity contribution >= 4 is 11.8 Å². The van der Waals surface area contributed by atoms with Crippen LogP contribution in [-0.2, 0) is 0 Å². The van der Waals surface area contributed by atoms with E-state index in [1.165, 1.54) is 50.6 Å². The van der Waals surface area contributed by atoms with Gasteiger partial charge in [-0.2, -0.15) is 11.8 Å². The lowest BCUT2D eigenvalue weighted by Gasteiger charge is -2.35. The predicted octanol–water partition coefficient (Wildman–Crippen LogP) is 3.93. The first-order valence-corrected chi connectivity index (χ1v) is 9.39. The van der Waals surface area contributed by atoms with Gasteiger partial charge in [-0.25, -0.2) is 4.98 Å². The molecule has 4 heteroatoms. The molecule has 2 aliphatic rings. The molecule has 0 radical (unpaired) electrons. The van der Waals surface area contributed by atoms with Crippen molar-refractivity contribution in [2.45, 2.75) is 75.2 Å². The molecule has 0 amide bonds. The van der Waals surface area contributed by atoms with Crippen LogP contribution in [-0.4, -0.2) is 27.1 Å². The molecule has 2 heterocycles. The Bertz CT molecular complexity index is 431. The van der Waals surface area contributed by atoms with Crippen molar-refractivity contribution in [3.63, 3.8) is 0 Å². The largest absolute Gasteiger partial charge is 0.329 e. The molecule has 1 aliphatic heterocycles. The lowest BCUT2D eigenvalue weighted by molar-refractivity contribution is 0.305. The van der Waals surface area contributed by atoms with Gasteiger partial charge in [0.1, 0.15) is 0 Å². The van der Waals surface area contributed by atoms with Crippen LogP contribution in [0.2, 0.25) is 0 Å². The highest BCUT2D eigenvalue weighted by atomic mass is 32.2. The third-order valence-corrected chi connectivity index (χ3v) is 6.15. The summed E-state index contributed by atoms with van der Waals surface area (Å²) in [7, 11) is 0. The Kier molecular flexibility index (Phi) is 4.72. The van der Waals surface area contributed by atoms with E-state index in [1.807, 2.05) is 11.8 Å². The minimum Gasteiger partial charge on any atom is -0.329 e. The van der Waals surface area contributed by atoms with E-state index in [1.54, 1.807) is 0 Å². The molecule has 0 spiro atoms. The van der Waals surface area contributed by atoms with Crippen molar-refractivity contribution in [3.8, 4) is 0 Å². The molecule has 0 bridgehead atoms. The van der Waals surface area contributed by atoms with E-state index in [0.717, 1.165) is 5.25 Å². The molecule has 4 unspecified atom stereocenters. The van der Waals surface area contributed by atoms with Gasteiger partial charge in [-0.05, 0) is 45.3 Å². The number of nitrogens with one attached hydrogen (secondary N) is 1. The van der Waals surface area contributed by atoms with Gasteiger partial charge in [0.25, 0.3) is 0 Å². The Morgan fingerprint density at radius 1 is 1.20 bits per heavy atom. The second-order valence-electron chi connectivity index (χ2n) is 6.40. The number of nitrogens with zero attached hydrogens (tertiary/aromatic N) is 2. The van der Waals surface area contributed by atoms with Gasteiger partial charge in [0.15, 0.2) is 0 Å². The summed E-state index contributed by atoms with van der Waals surface area (Å²) in [6, 6.07) is 1.79. The van der Waals surface area contributed by atoms with Crippen molar-refractivity contribution in [3.05, 3.63) is 18.2 Å². The number of piperidine rings is 1. The topological polar surface area (TPSA) is 29.9 Å². The van der Waals surface area contributed by atoms with E-state index in [2.05, 4.69) is 40.6 Å². The maximum absolute atomic E-state index is 4.48. The summed E-state index contributed by atoms with van der Waals surface area (Å²) in [6.07, 6.45) is 15.8. The monoisotopic (exact) mass is 293 g/mol. The highest BCUT2D eigenvalue weighted by molar-refractivity contribution is 7.99. The van der Waals surface area contributed by atoms with Gasteiger partial charge >= 0.3 is 0 Å². The van der Waals surface area contributed by atoms with Crippen LogP contribution >= 0.6 is 11.8 Å². The molecule has 3 nitrogen and oxygen atoms in total. The Hall–Kier alpha value is -0.480. The molecule has 1 aliphatic carbocycles. The lowest BCUT2D eigenvalue weighted by Crippen LogP contribution is -2.37. The van der Waals surface area contributed by atoms with Crippen molar-refractivity contribution in [2.75, 3.05) is 6.26 Å².